The van der Waals surface area contributed by atoms with Gasteiger partial charge in [0.25, 0.3) is 0 Å². The van der Waals surface area contributed by atoms with Crippen molar-refractivity contribution < 1.29 is 9.32 Å². The van der Waals surface area contributed by atoms with Crippen molar-refractivity contribution in [3.05, 3.63) is 12.2 Å². The van der Waals surface area contributed by atoms with Gasteiger partial charge in [-0.25, -0.2) is 0 Å². The smallest absolute Gasteiger partial charge is 0.236 e. The van der Waals surface area contributed by atoms with Crippen LogP contribution in [-0.4, -0.2) is 28.6 Å². The maximum Gasteiger partial charge on any atom is 0.236 e. The molecular formula is C9H16N4O2. The van der Waals surface area contributed by atoms with Crippen LogP contribution in [0.2, 0.25) is 0 Å². The summed E-state index contributed by atoms with van der Waals surface area (Å²) in [5.41, 5.74) is 0. The van der Waals surface area contributed by atoms with Gasteiger partial charge in [-0.3, -0.25) is 10.1 Å². The molecule has 0 saturated carbocycles. The maximum atomic E-state index is 11.4. The summed E-state index contributed by atoms with van der Waals surface area (Å²) < 4.78 is 4.57. The van der Waals surface area contributed by atoms with Crippen molar-refractivity contribution in [2.24, 2.45) is 0 Å². The van der Waals surface area contributed by atoms with E-state index in [0.29, 0.717) is 18.9 Å². The average molecular weight is 212 g/mol. The number of nitrogens with zero attached hydrogens (tertiary/aromatic N) is 2. The molecule has 0 aliphatic heterocycles. The molecule has 1 aromatic rings. The number of carbonyl (C=O) groups excluding carboxylic acids is 1. The molecule has 0 spiro atoms. The molecule has 1 amide bonds. The van der Waals surface area contributed by atoms with E-state index in [1.54, 1.807) is 6.92 Å². The first kappa shape index (κ1) is 11.6. The zero-order valence-corrected chi connectivity index (χ0v) is 8.99. The monoisotopic (exact) mass is 212 g/mol. The zero-order valence-electron chi connectivity index (χ0n) is 8.99. The third kappa shape index (κ3) is 4.07. The van der Waals surface area contributed by atoms with E-state index in [-0.39, 0.29) is 11.9 Å². The summed E-state index contributed by atoms with van der Waals surface area (Å²) in [6.07, 6.45) is 2.20. The molecule has 0 aromatic carbocycles. The SMILES string of the molecule is CCCNC(=O)C(C)NCc1ncon1. The topological polar surface area (TPSA) is 80.0 Å². The molecule has 0 bridgehead atoms. The van der Waals surface area contributed by atoms with Gasteiger partial charge in [-0.15, -0.1) is 0 Å². The molecule has 0 saturated heterocycles. The van der Waals surface area contributed by atoms with Crippen molar-refractivity contribution in [3.63, 3.8) is 0 Å². The van der Waals surface area contributed by atoms with Crippen LogP contribution in [0.5, 0.6) is 0 Å². The van der Waals surface area contributed by atoms with Gasteiger partial charge >= 0.3 is 0 Å². The summed E-state index contributed by atoms with van der Waals surface area (Å²) in [5.74, 6) is 0.533. The van der Waals surface area contributed by atoms with Gasteiger partial charge < -0.3 is 9.84 Å². The minimum Gasteiger partial charge on any atom is -0.355 e. The molecule has 6 nitrogen and oxygen atoms in total. The lowest BCUT2D eigenvalue weighted by atomic mass is 10.3. The predicted octanol–water partition coefficient (Wildman–Crippen LogP) is 0.0739. The van der Waals surface area contributed by atoms with Crippen LogP contribution in [0.4, 0.5) is 0 Å². The summed E-state index contributed by atoms with van der Waals surface area (Å²) in [6.45, 7) is 4.94. The average Bonchev–Trinajstić information content (AvgIpc) is 2.75. The first-order valence-electron chi connectivity index (χ1n) is 5.00. The molecule has 15 heavy (non-hydrogen) atoms. The van der Waals surface area contributed by atoms with Crippen molar-refractivity contribution in [1.29, 1.82) is 0 Å². The van der Waals surface area contributed by atoms with Crippen LogP contribution in [0.25, 0.3) is 0 Å². The lowest BCUT2D eigenvalue weighted by Crippen LogP contribution is -2.42. The minimum atomic E-state index is -0.255. The van der Waals surface area contributed by atoms with Crippen LogP contribution in [0, 0.1) is 0 Å². The standard InChI is InChI=1S/C9H16N4O2/c1-3-4-10-9(14)7(2)11-5-8-12-6-15-13-8/h6-7,11H,3-5H2,1-2H3,(H,10,14). The molecule has 1 aromatic heterocycles. The van der Waals surface area contributed by atoms with E-state index < -0.39 is 0 Å². The van der Waals surface area contributed by atoms with E-state index in [1.165, 1.54) is 6.39 Å². The van der Waals surface area contributed by atoms with E-state index in [2.05, 4.69) is 25.3 Å². The highest BCUT2D eigenvalue weighted by Crippen LogP contribution is 1.90. The first-order chi connectivity index (χ1) is 7.24. The molecule has 0 fully saturated rings. The molecule has 84 valence electrons. The fourth-order valence-corrected chi connectivity index (χ4v) is 1.01. The van der Waals surface area contributed by atoms with Gasteiger partial charge in [-0.1, -0.05) is 12.1 Å². The van der Waals surface area contributed by atoms with Crippen LogP contribution in [0.15, 0.2) is 10.9 Å². The Morgan fingerprint density at radius 3 is 3.07 bits per heavy atom. The van der Waals surface area contributed by atoms with E-state index in [0.717, 1.165) is 6.42 Å². The van der Waals surface area contributed by atoms with Gasteiger partial charge in [-0.2, -0.15) is 4.98 Å². The van der Waals surface area contributed by atoms with Crippen molar-refractivity contribution >= 4 is 5.91 Å². The molecule has 1 rings (SSSR count). The minimum absolute atomic E-state index is 0.0136. The molecule has 0 aliphatic rings. The van der Waals surface area contributed by atoms with Crippen LogP contribution >= 0.6 is 0 Å². The summed E-state index contributed by atoms with van der Waals surface area (Å²) in [5, 5.41) is 9.42. The summed E-state index contributed by atoms with van der Waals surface area (Å²) in [7, 11) is 0. The van der Waals surface area contributed by atoms with Crippen LogP contribution in [0.3, 0.4) is 0 Å². The van der Waals surface area contributed by atoms with Gasteiger partial charge in [-0.05, 0) is 13.3 Å². The van der Waals surface area contributed by atoms with E-state index in [9.17, 15) is 4.79 Å². The number of carbonyl (C=O) groups is 1. The molecule has 1 heterocycles. The number of amides is 1. The first-order valence-corrected chi connectivity index (χ1v) is 5.00. The van der Waals surface area contributed by atoms with Crippen molar-refractivity contribution in [3.8, 4) is 0 Å². The Kier molecular flexibility index (Phi) is 4.76. The molecular weight excluding hydrogens is 196 g/mol. The highest BCUT2D eigenvalue weighted by atomic mass is 16.5. The number of rotatable bonds is 6. The van der Waals surface area contributed by atoms with Crippen LogP contribution in [0.1, 0.15) is 26.1 Å². The lowest BCUT2D eigenvalue weighted by Gasteiger charge is -2.11. The normalized spacial score (nSPS) is 12.4. The third-order valence-electron chi connectivity index (χ3n) is 1.92. The summed E-state index contributed by atoms with van der Waals surface area (Å²) in [4.78, 5) is 15.3. The molecule has 6 heteroatoms. The number of aromatic nitrogens is 2. The van der Waals surface area contributed by atoms with Crippen molar-refractivity contribution in [1.82, 2.24) is 20.8 Å². The summed E-state index contributed by atoms with van der Waals surface area (Å²) >= 11 is 0. The number of hydrogen-bond donors (Lipinski definition) is 2. The largest absolute Gasteiger partial charge is 0.355 e. The van der Waals surface area contributed by atoms with Gasteiger partial charge in [0.2, 0.25) is 12.3 Å². The summed E-state index contributed by atoms with van der Waals surface area (Å²) in [6, 6.07) is -0.255. The Labute approximate surface area is 88.4 Å². The third-order valence-corrected chi connectivity index (χ3v) is 1.92. The Hall–Kier alpha value is -1.43. The van der Waals surface area contributed by atoms with Crippen molar-refractivity contribution in [2.75, 3.05) is 6.54 Å². The molecule has 1 atom stereocenters. The van der Waals surface area contributed by atoms with Gasteiger partial charge in [0.1, 0.15) is 0 Å². The second-order valence-corrected chi connectivity index (χ2v) is 3.24. The predicted molar refractivity (Wildman–Crippen MR) is 53.9 cm³/mol. The van der Waals surface area contributed by atoms with E-state index in [4.69, 9.17) is 0 Å². The fraction of sp³-hybridized carbons (Fsp3) is 0.667. The van der Waals surface area contributed by atoms with E-state index in [1.807, 2.05) is 6.92 Å². The van der Waals surface area contributed by atoms with Gasteiger partial charge in [0.05, 0.1) is 12.6 Å². The molecule has 0 radical (unpaired) electrons. The number of nitrogens with one attached hydrogen (secondary N) is 2. The molecule has 1 unspecified atom stereocenters. The second kappa shape index (κ2) is 6.13. The highest BCUT2D eigenvalue weighted by molar-refractivity contribution is 5.81. The fourth-order valence-electron chi connectivity index (χ4n) is 1.01. The Bertz CT molecular complexity index is 286. The number of hydrogen-bond acceptors (Lipinski definition) is 5. The lowest BCUT2D eigenvalue weighted by molar-refractivity contribution is -0.122. The van der Waals surface area contributed by atoms with E-state index >= 15 is 0 Å². The molecule has 2 N–H and O–H groups in total. The Morgan fingerprint density at radius 1 is 1.67 bits per heavy atom. The quantitative estimate of drug-likeness (QED) is 0.697. The van der Waals surface area contributed by atoms with Gasteiger partial charge in [0, 0.05) is 6.54 Å². The maximum absolute atomic E-state index is 11.4. The van der Waals surface area contributed by atoms with Crippen LogP contribution < -0.4 is 10.6 Å². The highest BCUT2D eigenvalue weighted by Gasteiger charge is 2.11. The van der Waals surface area contributed by atoms with Crippen molar-refractivity contribution in [2.45, 2.75) is 32.9 Å². The van der Waals surface area contributed by atoms with Gasteiger partial charge in [0.15, 0.2) is 5.82 Å². The Morgan fingerprint density at radius 2 is 2.47 bits per heavy atom. The second-order valence-electron chi connectivity index (χ2n) is 3.24. The Balaban J connectivity index is 2.23. The van der Waals surface area contributed by atoms with Crippen LogP contribution in [-0.2, 0) is 11.3 Å². The zero-order chi connectivity index (χ0) is 11.1. The molecule has 0 aliphatic carbocycles.